The molecule has 1 N–H and O–H groups in total. The van der Waals surface area contributed by atoms with Crippen molar-refractivity contribution in [3.05, 3.63) is 63.0 Å². The van der Waals surface area contributed by atoms with Gasteiger partial charge in [0.1, 0.15) is 11.6 Å². The van der Waals surface area contributed by atoms with Gasteiger partial charge in [-0.3, -0.25) is 10.1 Å². The molecule has 158 valence electrons. The molecule has 1 heterocycles. The molecule has 3 rings (SSSR count). The van der Waals surface area contributed by atoms with E-state index >= 15 is 0 Å². The number of methoxy groups -OCH3 is 1. The molecule has 1 aromatic heterocycles. The van der Waals surface area contributed by atoms with Crippen LogP contribution < -0.4 is 14.8 Å². The first-order valence-electron chi connectivity index (χ1n) is 9.42. The normalized spacial score (nSPS) is 11.0. The van der Waals surface area contributed by atoms with Gasteiger partial charge in [-0.05, 0) is 49.8 Å². The zero-order chi connectivity index (χ0) is 22.4. The predicted octanol–water partition coefficient (Wildman–Crippen LogP) is 5.83. The van der Waals surface area contributed by atoms with E-state index < -0.39 is 5.91 Å². The first-order valence-corrected chi connectivity index (χ1v) is 11.0. The molecule has 1 amide bonds. The van der Waals surface area contributed by atoms with Crippen LogP contribution in [0.4, 0.5) is 5.13 Å². The monoisotopic (exact) mass is 497 g/mol. The van der Waals surface area contributed by atoms with Gasteiger partial charge in [0.25, 0.3) is 5.91 Å². The highest BCUT2D eigenvalue weighted by Gasteiger charge is 2.15. The Balaban J connectivity index is 1.81. The Morgan fingerprint density at radius 2 is 2.00 bits per heavy atom. The number of halogens is 1. The number of ether oxygens (including phenoxy) is 2. The highest BCUT2D eigenvalue weighted by molar-refractivity contribution is 9.10. The molecule has 0 aliphatic rings. The van der Waals surface area contributed by atoms with Gasteiger partial charge in [0.15, 0.2) is 16.6 Å². The minimum Gasteiger partial charge on any atom is -0.493 e. The van der Waals surface area contributed by atoms with E-state index in [-0.39, 0.29) is 5.57 Å². The molecular formula is C23H20BrN3O3S. The Kier molecular flexibility index (Phi) is 7.45. The molecular weight excluding hydrogens is 478 g/mol. The van der Waals surface area contributed by atoms with Gasteiger partial charge in [0, 0.05) is 14.9 Å². The lowest BCUT2D eigenvalue weighted by atomic mass is 10.1. The molecule has 0 bridgehead atoms. The number of nitrogens with one attached hydrogen (secondary N) is 1. The van der Waals surface area contributed by atoms with E-state index in [0.29, 0.717) is 28.8 Å². The standard InChI is InChI=1S/C23H20BrN3O3S/c1-4-30-19-10-5-15(12-20(19)29-3)11-17(13-25)22(28)27-23-26-21(14(2)31-23)16-6-8-18(24)9-7-16/h5-12H,4H2,1-3H3,(H,26,27,28)/b17-11+. The van der Waals surface area contributed by atoms with Crippen LogP contribution in [0.3, 0.4) is 0 Å². The number of aromatic nitrogens is 1. The van der Waals surface area contributed by atoms with Crippen molar-refractivity contribution in [1.82, 2.24) is 4.98 Å². The Labute approximate surface area is 193 Å². The van der Waals surface area contributed by atoms with Crippen LogP contribution in [0, 0.1) is 18.3 Å². The molecule has 0 unspecified atom stereocenters. The van der Waals surface area contributed by atoms with Crippen molar-refractivity contribution >= 4 is 44.4 Å². The number of benzene rings is 2. The average Bonchev–Trinajstić information content (AvgIpc) is 3.13. The fourth-order valence-corrected chi connectivity index (χ4v) is 3.95. The summed E-state index contributed by atoms with van der Waals surface area (Å²) < 4.78 is 11.8. The van der Waals surface area contributed by atoms with Crippen molar-refractivity contribution < 1.29 is 14.3 Å². The molecule has 0 aliphatic carbocycles. The third-order valence-corrected chi connectivity index (χ3v) is 5.71. The van der Waals surface area contributed by atoms with Gasteiger partial charge in [-0.1, -0.05) is 34.1 Å². The molecule has 3 aromatic rings. The smallest absolute Gasteiger partial charge is 0.268 e. The van der Waals surface area contributed by atoms with Gasteiger partial charge in [-0.25, -0.2) is 4.98 Å². The third-order valence-electron chi connectivity index (χ3n) is 4.30. The van der Waals surface area contributed by atoms with E-state index in [9.17, 15) is 10.1 Å². The molecule has 0 saturated heterocycles. The zero-order valence-corrected chi connectivity index (χ0v) is 19.6. The van der Waals surface area contributed by atoms with Crippen LogP contribution in [-0.4, -0.2) is 24.6 Å². The predicted molar refractivity (Wildman–Crippen MR) is 126 cm³/mol. The topological polar surface area (TPSA) is 84.2 Å². The maximum Gasteiger partial charge on any atom is 0.268 e. The summed E-state index contributed by atoms with van der Waals surface area (Å²) in [5.74, 6) is 0.610. The molecule has 6 nitrogen and oxygen atoms in total. The quantitative estimate of drug-likeness (QED) is 0.327. The number of anilines is 1. The molecule has 0 aliphatic heterocycles. The molecule has 2 aromatic carbocycles. The van der Waals surface area contributed by atoms with Gasteiger partial charge < -0.3 is 9.47 Å². The Morgan fingerprint density at radius 1 is 1.26 bits per heavy atom. The molecule has 0 radical (unpaired) electrons. The zero-order valence-electron chi connectivity index (χ0n) is 17.2. The summed E-state index contributed by atoms with van der Waals surface area (Å²) in [5.41, 5.74) is 2.36. The lowest BCUT2D eigenvalue weighted by molar-refractivity contribution is -0.112. The van der Waals surface area contributed by atoms with Crippen molar-refractivity contribution in [3.63, 3.8) is 0 Å². The van der Waals surface area contributed by atoms with Gasteiger partial charge >= 0.3 is 0 Å². The first-order chi connectivity index (χ1) is 14.9. The van der Waals surface area contributed by atoms with Crippen LogP contribution in [0.25, 0.3) is 17.3 Å². The van der Waals surface area contributed by atoms with Crippen LogP contribution in [-0.2, 0) is 4.79 Å². The number of carbonyl (C=O) groups is 1. The highest BCUT2D eigenvalue weighted by atomic mass is 79.9. The number of rotatable bonds is 7. The Bertz CT molecular complexity index is 1160. The van der Waals surface area contributed by atoms with Crippen molar-refractivity contribution in [2.24, 2.45) is 0 Å². The molecule has 8 heteroatoms. The number of aryl methyl sites for hydroxylation is 1. The van der Waals surface area contributed by atoms with Crippen molar-refractivity contribution in [3.8, 4) is 28.8 Å². The van der Waals surface area contributed by atoms with E-state index in [2.05, 4.69) is 26.2 Å². The molecule has 0 spiro atoms. The molecule has 0 fully saturated rings. The first kappa shape index (κ1) is 22.5. The second-order valence-corrected chi connectivity index (χ2v) is 8.52. The van der Waals surface area contributed by atoms with E-state index in [1.165, 1.54) is 24.5 Å². The van der Waals surface area contributed by atoms with Crippen LogP contribution in [0.1, 0.15) is 17.4 Å². The number of amides is 1. The van der Waals surface area contributed by atoms with Crippen molar-refractivity contribution in [1.29, 1.82) is 5.26 Å². The van der Waals surface area contributed by atoms with Crippen molar-refractivity contribution in [2.45, 2.75) is 13.8 Å². The van der Waals surface area contributed by atoms with Crippen LogP contribution in [0.15, 0.2) is 52.5 Å². The van der Waals surface area contributed by atoms with E-state index in [4.69, 9.17) is 9.47 Å². The number of thiazole rings is 1. The second-order valence-electron chi connectivity index (χ2n) is 6.40. The minimum atomic E-state index is -0.522. The van der Waals surface area contributed by atoms with Crippen LogP contribution in [0.2, 0.25) is 0 Å². The summed E-state index contributed by atoms with van der Waals surface area (Å²) in [5, 5.41) is 12.7. The Hall–Kier alpha value is -3.15. The SMILES string of the molecule is CCOc1ccc(/C=C(\C#N)C(=O)Nc2nc(-c3ccc(Br)cc3)c(C)s2)cc1OC. The summed E-state index contributed by atoms with van der Waals surface area (Å²) in [7, 11) is 1.54. The lowest BCUT2D eigenvalue weighted by Gasteiger charge is -2.09. The third kappa shape index (κ3) is 5.51. The summed E-state index contributed by atoms with van der Waals surface area (Å²) in [6.07, 6.45) is 1.50. The second kappa shape index (κ2) is 10.2. The van der Waals surface area contributed by atoms with E-state index in [1.54, 1.807) is 18.2 Å². The Morgan fingerprint density at radius 3 is 2.65 bits per heavy atom. The minimum absolute atomic E-state index is 0.0377. The van der Waals surface area contributed by atoms with Crippen LogP contribution >= 0.6 is 27.3 Å². The summed E-state index contributed by atoms with van der Waals surface area (Å²) in [4.78, 5) is 18.2. The van der Waals surface area contributed by atoms with Gasteiger partial charge in [0.2, 0.25) is 0 Å². The summed E-state index contributed by atoms with van der Waals surface area (Å²) >= 11 is 4.78. The maximum atomic E-state index is 12.7. The molecule has 0 saturated carbocycles. The largest absolute Gasteiger partial charge is 0.493 e. The highest BCUT2D eigenvalue weighted by Crippen LogP contribution is 2.32. The van der Waals surface area contributed by atoms with Crippen molar-refractivity contribution in [2.75, 3.05) is 19.0 Å². The number of hydrogen-bond acceptors (Lipinski definition) is 6. The average molecular weight is 498 g/mol. The van der Waals surface area contributed by atoms with Crippen LogP contribution in [0.5, 0.6) is 11.5 Å². The van der Waals surface area contributed by atoms with Gasteiger partial charge in [0.05, 0.1) is 19.4 Å². The van der Waals surface area contributed by atoms with E-state index in [0.717, 1.165) is 20.6 Å². The fourth-order valence-electron chi connectivity index (χ4n) is 2.85. The fraction of sp³-hybridized carbons (Fsp3) is 0.174. The maximum absolute atomic E-state index is 12.7. The number of carbonyl (C=O) groups excluding carboxylic acids is 1. The van der Waals surface area contributed by atoms with E-state index in [1.807, 2.05) is 44.2 Å². The molecule has 0 atom stereocenters. The summed E-state index contributed by atoms with van der Waals surface area (Å²) in [6.45, 7) is 4.33. The van der Waals surface area contributed by atoms with Gasteiger partial charge in [-0.2, -0.15) is 5.26 Å². The molecule has 31 heavy (non-hydrogen) atoms. The number of nitrogens with zero attached hydrogens (tertiary/aromatic N) is 2. The number of nitriles is 1. The summed E-state index contributed by atoms with van der Waals surface area (Å²) in [6, 6.07) is 15.0. The number of hydrogen-bond donors (Lipinski definition) is 1. The van der Waals surface area contributed by atoms with Gasteiger partial charge in [-0.15, -0.1) is 11.3 Å². The lowest BCUT2D eigenvalue weighted by Crippen LogP contribution is -2.13.